The van der Waals surface area contributed by atoms with Crippen LogP contribution in [0.1, 0.15) is 27.7 Å². The Morgan fingerprint density at radius 3 is 1.48 bits per heavy atom. The summed E-state index contributed by atoms with van der Waals surface area (Å²) in [6.45, 7) is 5.74. The zero-order chi connectivity index (χ0) is 17.7. The van der Waals surface area contributed by atoms with E-state index in [1.165, 1.54) is 0 Å². The maximum Gasteiger partial charge on any atom is 0.401 e. The van der Waals surface area contributed by atoms with Crippen LogP contribution in [0.3, 0.4) is 0 Å². The van der Waals surface area contributed by atoms with Gasteiger partial charge < -0.3 is 15.8 Å². The van der Waals surface area contributed by atoms with E-state index in [1.807, 2.05) is 27.7 Å². The Kier molecular flexibility index (Phi) is 15.4. The third-order valence-corrected chi connectivity index (χ3v) is 1.38. The molecule has 9 heteroatoms. The second-order valence-electron chi connectivity index (χ2n) is 4.84. The number of nitrogens with one attached hydrogen (secondary N) is 1. The first-order valence-corrected chi connectivity index (χ1v) is 6.24. The van der Waals surface area contributed by atoms with Crippen molar-refractivity contribution >= 4 is 6.29 Å². The molecule has 0 aromatic carbocycles. The van der Waals surface area contributed by atoms with Crippen LogP contribution < -0.4 is 11.1 Å². The molecule has 0 rings (SSSR count). The molecule has 0 spiro atoms. The van der Waals surface area contributed by atoms with Crippen LogP contribution in [-0.4, -0.2) is 38.3 Å². The summed E-state index contributed by atoms with van der Waals surface area (Å²) in [5, 5.41) is 2.30. The van der Waals surface area contributed by atoms with Gasteiger partial charge in [0.05, 0.1) is 13.1 Å². The van der Waals surface area contributed by atoms with Crippen molar-refractivity contribution in [3.05, 3.63) is 0 Å². The smallest absolute Gasteiger partial charge is 0.323 e. The Labute approximate surface area is 121 Å². The molecule has 3 N–H and O–H groups in total. The molecule has 0 atom stereocenters. The molecule has 0 aromatic rings. The third-order valence-electron chi connectivity index (χ3n) is 1.38. The minimum Gasteiger partial charge on any atom is -0.323 e. The van der Waals surface area contributed by atoms with Gasteiger partial charge in [-0.2, -0.15) is 26.3 Å². The molecule has 0 unspecified atom stereocenters. The normalized spacial score (nSPS) is 11.5. The van der Waals surface area contributed by atoms with Crippen LogP contribution in [0.25, 0.3) is 0 Å². The minimum absolute atomic E-state index is 0.204. The molecule has 0 aliphatic rings. The molecule has 0 aromatic heterocycles. The molecule has 0 radical (unpaired) electrons. The Bertz CT molecular complexity index is 239. The van der Waals surface area contributed by atoms with E-state index in [0.29, 0.717) is 6.54 Å². The van der Waals surface area contributed by atoms with E-state index < -0.39 is 25.4 Å². The number of rotatable bonds is 4. The van der Waals surface area contributed by atoms with Crippen LogP contribution in [0.5, 0.6) is 0 Å². The van der Waals surface area contributed by atoms with E-state index in [2.05, 4.69) is 11.1 Å². The SMILES string of the molecule is CC(C)C=O.CC(C)CNCC(F)(F)F.NCC(F)(F)F. The summed E-state index contributed by atoms with van der Waals surface area (Å²) in [7, 11) is 0. The lowest BCUT2D eigenvalue weighted by molar-refractivity contribution is -0.125. The Morgan fingerprint density at radius 1 is 1.00 bits per heavy atom. The summed E-state index contributed by atoms with van der Waals surface area (Å²) < 4.78 is 66.3. The van der Waals surface area contributed by atoms with Crippen LogP contribution in [0, 0.1) is 11.8 Å². The number of aldehydes is 1. The zero-order valence-electron chi connectivity index (χ0n) is 12.6. The van der Waals surface area contributed by atoms with Gasteiger partial charge in [0.1, 0.15) is 6.29 Å². The van der Waals surface area contributed by atoms with Gasteiger partial charge in [0.25, 0.3) is 0 Å². The second-order valence-corrected chi connectivity index (χ2v) is 4.84. The van der Waals surface area contributed by atoms with E-state index in [9.17, 15) is 31.1 Å². The van der Waals surface area contributed by atoms with Gasteiger partial charge in [0.15, 0.2) is 0 Å². The number of alkyl halides is 6. The monoisotopic (exact) mass is 326 g/mol. The largest absolute Gasteiger partial charge is 0.401 e. The number of nitrogens with two attached hydrogens (primary N) is 1. The highest BCUT2D eigenvalue weighted by molar-refractivity contribution is 5.51. The standard InChI is InChI=1S/C6H12F3N.C4H8O.C2H4F3N/c1-5(2)3-10-4-6(7,8)9;1-4(2)3-5;3-2(4,5)1-6/h5,10H,3-4H2,1-2H3;3-4H,1-2H3;1,6H2. The lowest BCUT2D eigenvalue weighted by atomic mass is 10.2. The summed E-state index contributed by atoms with van der Waals surface area (Å²) in [6, 6.07) is 0. The van der Waals surface area contributed by atoms with Crippen molar-refractivity contribution in [3.8, 4) is 0 Å². The van der Waals surface area contributed by atoms with E-state index in [4.69, 9.17) is 0 Å². The van der Waals surface area contributed by atoms with Gasteiger partial charge in [0, 0.05) is 5.92 Å². The molecule has 0 fully saturated rings. The van der Waals surface area contributed by atoms with E-state index >= 15 is 0 Å². The Morgan fingerprint density at radius 2 is 1.33 bits per heavy atom. The predicted octanol–water partition coefficient (Wildman–Crippen LogP) is 3.14. The highest BCUT2D eigenvalue weighted by atomic mass is 19.4. The molecular weight excluding hydrogens is 302 g/mol. The fraction of sp³-hybridized carbons (Fsp3) is 0.917. The predicted molar refractivity (Wildman–Crippen MR) is 69.8 cm³/mol. The number of hydrogen-bond acceptors (Lipinski definition) is 3. The van der Waals surface area contributed by atoms with Gasteiger partial charge in [0.2, 0.25) is 0 Å². The first-order valence-electron chi connectivity index (χ1n) is 6.24. The topological polar surface area (TPSA) is 55.1 Å². The first-order chi connectivity index (χ1) is 9.25. The molecule has 0 amide bonds. The average molecular weight is 326 g/mol. The first kappa shape index (κ1) is 25.1. The minimum atomic E-state index is -4.18. The number of halogens is 6. The van der Waals surface area contributed by atoms with Crippen LogP contribution in [0.4, 0.5) is 26.3 Å². The molecule has 21 heavy (non-hydrogen) atoms. The van der Waals surface area contributed by atoms with Crippen molar-refractivity contribution in [3.63, 3.8) is 0 Å². The number of carbonyl (C=O) groups excluding carboxylic acids is 1. The van der Waals surface area contributed by atoms with Crippen molar-refractivity contribution in [2.75, 3.05) is 19.6 Å². The Hall–Kier alpha value is -0.830. The molecule has 3 nitrogen and oxygen atoms in total. The lowest BCUT2D eigenvalue weighted by Crippen LogP contribution is -2.31. The fourth-order valence-corrected chi connectivity index (χ4v) is 0.503. The lowest BCUT2D eigenvalue weighted by Gasteiger charge is -2.09. The van der Waals surface area contributed by atoms with E-state index in [1.54, 1.807) is 0 Å². The van der Waals surface area contributed by atoms with Gasteiger partial charge in [-0.05, 0) is 12.5 Å². The van der Waals surface area contributed by atoms with Crippen LogP contribution >= 0.6 is 0 Å². The van der Waals surface area contributed by atoms with Gasteiger partial charge >= 0.3 is 12.4 Å². The maximum atomic E-state index is 11.4. The maximum absolute atomic E-state index is 11.4. The quantitative estimate of drug-likeness (QED) is 0.616. The van der Waals surface area contributed by atoms with Crippen molar-refractivity contribution in [1.29, 1.82) is 0 Å². The van der Waals surface area contributed by atoms with Crippen molar-refractivity contribution in [1.82, 2.24) is 5.32 Å². The summed E-state index contributed by atoms with van der Waals surface area (Å²) in [6.07, 6.45) is -7.34. The van der Waals surface area contributed by atoms with Crippen LogP contribution in [0.2, 0.25) is 0 Å². The molecule has 0 heterocycles. The highest BCUT2D eigenvalue weighted by Crippen LogP contribution is 2.12. The van der Waals surface area contributed by atoms with Gasteiger partial charge in [-0.25, -0.2) is 0 Å². The third kappa shape index (κ3) is 45.3. The average Bonchev–Trinajstić information content (AvgIpc) is 2.27. The summed E-state index contributed by atoms with van der Waals surface area (Å²) in [4.78, 5) is 9.50. The molecule has 0 saturated heterocycles. The van der Waals surface area contributed by atoms with E-state index in [0.717, 1.165) is 6.29 Å². The summed E-state index contributed by atoms with van der Waals surface area (Å²) in [5.41, 5.74) is 4.18. The summed E-state index contributed by atoms with van der Waals surface area (Å²) in [5.74, 6) is 0.470. The zero-order valence-corrected chi connectivity index (χ0v) is 12.6. The van der Waals surface area contributed by atoms with Gasteiger partial charge in [-0.1, -0.05) is 27.7 Å². The molecular formula is C12H24F6N2O. The van der Waals surface area contributed by atoms with Gasteiger partial charge in [-0.3, -0.25) is 0 Å². The molecule has 0 aliphatic carbocycles. The van der Waals surface area contributed by atoms with Crippen molar-refractivity contribution < 1.29 is 31.1 Å². The van der Waals surface area contributed by atoms with Crippen LogP contribution in [0.15, 0.2) is 0 Å². The molecule has 130 valence electrons. The Balaban J connectivity index is -0.000000252. The van der Waals surface area contributed by atoms with E-state index in [-0.39, 0.29) is 11.8 Å². The number of hydrogen-bond donors (Lipinski definition) is 2. The summed E-state index contributed by atoms with van der Waals surface area (Å²) >= 11 is 0. The highest BCUT2D eigenvalue weighted by Gasteiger charge is 2.26. The molecule has 0 aliphatic heterocycles. The van der Waals surface area contributed by atoms with Gasteiger partial charge in [-0.15, -0.1) is 0 Å². The second kappa shape index (κ2) is 12.9. The molecule has 0 bridgehead atoms. The van der Waals surface area contributed by atoms with Crippen molar-refractivity contribution in [2.45, 2.75) is 40.0 Å². The number of carbonyl (C=O) groups is 1. The molecule has 0 saturated carbocycles. The fourth-order valence-electron chi connectivity index (χ4n) is 0.503. The van der Waals surface area contributed by atoms with Crippen molar-refractivity contribution in [2.24, 2.45) is 17.6 Å². The van der Waals surface area contributed by atoms with Crippen LogP contribution in [-0.2, 0) is 4.79 Å².